The van der Waals surface area contributed by atoms with Gasteiger partial charge in [-0.3, -0.25) is 4.79 Å². The van der Waals surface area contributed by atoms with Gasteiger partial charge in [0, 0.05) is 41.9 Å². The summed E-state index contributed by atoms with van der Waals surface area (Å²) in [4.78, 5) is 17.1. The van der Waals surface area contributed by atoms with Crippen LogP contribution in [0, 0.1) is 12.7 Å². The second kappa shape index (κ2) is 10.2. The van der Waals surface area contributed by atoms with Gasteiger partial charge in [-0.25, -0.2) is 9.37 Å². The van der Waals surface area contributed by atoms with Crippen molar-refractivity contribution in [1.82, 2.24) is 25.2 Å². The van der Waals surface area contributed by atoms with Gasteiger partial charge in [-0.1, -0.05) is 24.3 Å². The topological polar surface area (TPSA) is 83.3 Å². The van der Waals surface area contributed by atoms with Gasteiger partial charge in [-0.2, -0.15) is 9.61 Å². The van der Waals surface area contributed by atoms with Crippen molar-refractivity contribution in [3.63, 3.8) is 0 Å². The zero-order chi connectivity index (χ0) is 24.2. The van der Waals surface area contributed by atoms with E-state index in [-0.39, 0.29) is 11.7 Å². The minimum Gasteiger partial charge on any atom is -0.366 e. The lowest BCUT2D eigenvalue weighted by molar-refractivity contribution is 0.0952. The summed E-state index contributed by atoms with van der Waals surface area (Å²) in [5, 5.41) is 14.3. The first-order chi connectivity index (χ1) is 17.1. The van der Waals surface area contributed by atoms with E-state index in [0.29, 0.717) is 47.4 Å². The quantitative estimate of drug-likeness (QED) is 0.356. The third-order valence-corrected chi connectivity index (χ3v) is 6.43. The largest absolute Gasteiger partial charge is 0.366 e. The Balaban J connectivity index is 1.27. The SMILES string of the molecule is Cc1cnn2c(NCc3ccc(C(=O)NCCC4CCCN4)cc3)cc(-c3ccccc3F)nc12. The highest BCUT2D eigenvalue weighted by Crippen LogP contribution is 2.26. The van der Waals surface area contributed by atoms with Crippen molar-refractivity contribution in [2.45, 2.75) is 38.8 Å². The van der Waals surface area contributed by atoms with Crippen molar-refractivity contribution < 1.29 is 9.18 Å². The smallest absolute Gasteiger partial charge is 0.251 e. The Labute approximate surface area is 203 Å². The van der Waals surface area contributed by atoms with Gasteiger partial charge >= 0.3 is 0 Å². The molecule has 2 aromatic carbocycles. The van der Waals surface area contributed by atoms with E-state index in [1.165, 1.54) is 18.9 Å². The van der Waals surface area contributed by atoms with Gasteiger partial charge in [0.05, 0.1) is 11.9 Å². The number of benzene rings is 2. The van der Waals surface area contributed by atoms with Gasteiger partial charge in [0.1, 0.15) is 11.6 Å². The average molecular weight is 473 g/mol. The van der Waals surface area contributed by atoms with Crippen LogP contribution in [0.15, 0.2) is 60.8 Å². The molecule has 0 bridgehead atoms. The third-order valence-electron chi connectivity index (χ3n) is 6.43. The van der Waals surface area contributed by atoms with E-state index in [4.69, 9.17) is 0 Å². The lowest BCUT2D eigenvalue weighted by atomic mass is 10.1. The van der Waals surface area contributed by atoms with Crippen LogP contribution in [-0.2, 0) is 6.54 Å². The lowest BCUT2D eigenvalue weighted by Crippen LogP contribution is -2.30. The number of aryl methyl sites for hydroxylation is 1. The number of hydrogen-bond donors (Lipinski definition) is 3. The maximum absolute atomic E-state index is 14.4. The zero-order valence-electron chi connectivity index (χ0n) is 19.7. The fourth-order valence-corrected chi connectivity index (χ4v) is 4.44. The highest BCUT2D eigenvalue weighted by molar-refractivity contribution is 5.94. The second-order valence-corrected chi connectivity index (χ2v) is 8.96. The molecule has 1 atom stereocenters. The van der Waals surface area contributed by atoms with Gasteiger partial charge in [0.2, 0.25) is 0 Å². The number of nitrogens with zero attached hydrogens (tertiary/aromatic N) is 3. The predicted molar refractivity (Wildman–Crippen MR) is 135 cm³/mol. The van der Waals surface area contributed by atoms with E-state index in [1.54, 1.807) is 35.0 Å². The fraction of sp³-hybridized carbons (Fsp3) is 0.296. The second-order valence-electron chi connectivity index (χ2n) is 8.96. The summed E-state index contributed by atoms with van der Waals surface area (Å²) >= 11 is 0. The first-order valence-electron chi connectivity index (χ1n) is 12.0. The number of nitrogens with one attached hydrogen (secondary N) is 3. The van der Waals surface area contributed by atoms with E-state index in [1.807, 2.05) is 31.2 Å². The molecule has 0 saturated carbocycles. The van der Waals surface area contributed by atoms with E-state index < -0.39 is 0 Å². The van der Waals surface area contributed by atoms with Crippen LogP contribution in [0.25, 0.3) is 16.9 Å². The highest BCUT2D eigenvalue weighted by Gasteiger charge is 2.15. The molecular weight excluding hydrogens is 443 g/mol. The molecule has 5 rings (SSSR count). The van der Waals surface area contributed by atoms with Crippen LogP contribution < -0.4 is 16.0 Å². The van der Waals surface area contributed by atoms with Crippen LogP contribution in [-0.4, -0.2) is 39.6 Å². The van der Waals surface area contributed by atoms with Gasteiger partial charge < -0.3 is 16.0 Å². The fourth-order valence-electron chi connectivity index (χ4n) is 4.44. The van der Waals surface area contributed by atoms with E-state index in [9.17, 15) is 9.18 Å². The van der Waals surface area contributed by atoms with Crippen LogP contribution in [0.5, 0.6) is 0 Å². The van der Waals surface area contributed by atoms with Crippen molar-refractivity contribution >= 4 is 17.4 Å². The molecule has 35 heavy (non-hydrogen) atoms. The standard InChI is InChI=1S/C27H29FN6O/c1-18-16-32-34-25(15-24(33-26(18)34)22-6-2-3-7-23(22)28)31-17-19-8-10-20(11-9-19)27(35)30-14-12-21-5-4-13-29-21/h2-3,6-11,15-16,21,29,31H,4-5,12-14,17H2,1H3,(H,30,35). The highest BCUT2D eigenvalue weighted by atomic mass is 19.1. The number of halogens is 1. The summed E-state index contributed by atoms with van der Waals surface area (Å²) in [6.45, 7) is 4.19. The van der Waals surface area contributed by atoms with Crippen LogP contribution in [0.2, 0.25) is 0 Å². The molecule has 3 heterocycles. The molecule has 1 fully saturated rings. The van der Waals surface area contributed by atoms with E-state index in [2.05, 4.69) is 26.0 Å². The molecule has 1 unspecified atom stereocenters. The summed E-state index contributed by atoms with van der Waals surface area (Å²) < 4.78 is 16.1. The maximum Gasteiger partial charge on any atom is 0.251 e. The predicted octanol–water partition coefficient (Wildman–Crippen LogP) is 4.33. The van der Waals surface area contributed by atoms with Crippen molar-refractivity contribution in [3.8, 4) is 11.3 Å². The zero-order valence-corrected chi connectivity index (χ0v) is 19.7. The summed E-state index contributed by atoms with van der Waals surface area (Å²) in [6, 6.07) is 16.5. The molecular formula is C27H29FN6O. The molecule has 0 aliphatic carbocycles. The molecule has 1 aliphatic heterocycles. The van der Waals surface area contributed by atoms with Gasteiger partial charge in [-0.15, -0.1) is 0 Å². The molecule has 7 nitrogen and oxygen atoms in total. The van der Waals surface area contributed by atoms with Gasteiger partial charge in [0.15, 0.2) is 5.65 Å². The van der Waals surface area contributed by atoms with E-state index >= 15 is 0 Å². The summed E-state index contributed by atoms with van der Waals surface area (Å²) in [7, 11) is 0. The number of carbonyl (C=O) groups excluding carboxylic acids is 1. The van der Waals surface area contributed by atoms with E-state index in [0.717, 1.165) is 24.1 Å². The molecule has 180 valence electrons. The average Bonchev–Trinajstić information content (AvgIpc) is 3.53. The minimum absolute atomic E-state index is 0.0557. The molecule has 0 radical (unpaired) electrons. The van der Waals surface area contributed by atoms with Crippen LogP contribution in [0.4, 0.5) is 10.2 Å². The van der Waals surface area contributed by atoms with Crippen molar-refractivity contribution in [2.75, 3.05) is 18.4 Å². The lowest BCUT2D eigenvalue weighted by Gasteiger charge is -2.12. The number of rotatable bonds is 8. The van der Waals surface area contributed by atoms with Crippen LogP contribution in [0.1, 0.15) is 40.7 Å². The number of carbonyl (C=O) groups is 1. The summed E-state index contributed by atoms with van der Waals surface area (Å²) in [5.74, 6) is 0.337. The van der Waals surface area contributed by atoms with Crippen molar-refractivity contribution in [2.24, 2.45) is 0 Å². The number of fused-ring (bicyclic) bond motifs is 1. The Hall–Kier alpha value is -3.78. The molecule has 0 spiro atoms. The van der Waals surface area contributed by atoms with Crippen molar-refractivity contribution in [3.05, 3.63) is 83.3 Å². The van der Waals surface area contributed by atoms with Crippen molar-refractivity contribution in [1.29, 1.82) is 0 Å². The molecule has 1 aliphatic rings. The molecule has 1 amide bonds. The van der Waals surface area contributed by atoms with Gasteiger partial charge in [0.25, 0.3) is 5.91 Å². The molecule has 8 heteroatoms. The van der Waals surface area contributed by atoms with Crippen LogP contribution >= 0.6 is 0 Å². The van der Waals surface area contributed by atoms with Gasteiger partial charge in [-0.05, 0) is 62.6 Å². The first kappa shape index (κ1) is 23.0. The Morgan fingerprint density at radius 3 is 2.80 bits per heavy atom. The van der Waals surface area contributed by atoms with Crippen LogP contribution in [0.3, 0.4) is 0 Å². The third kappa shape index (κ3) is 5.17. The Bertz CT molecular complexity index is 1330. The Morgan fingerprint density at radius 1 is 1.20 bits per heavy atom. The summed E-state index contributed by atoms with van der Waals surface area (Å²) in [5.41, 5.74) is 4.22. The number of aromatic nitrogens is 3. The Kier molecular flexibility index (Phi) is 6.72. The first-order valence-corrected chi connectivity index (χ1v) is 12.0. The molecule has 1 saturated heterocycles. The molecule has 4 aromatic rings. The minimum atomic E-state index is -0.319. The number of amides is 1. The monoisotopic (exact) mass is 472 g/mol. The number of hydrogen-bond acceptors (Lipinski definition) is 5. The Morgan fingerprint density at radius 2 is 2.03 bits per heavy atom. The number of anilines is 1. The molecule has 2 aromatic heterocycles. The molecule has 3 N–H and O–H groups in total. The summed E-state index contributed by atoms with van der Waals surface area (Å²) in [6.07, 6.45) is 5.09. The maximum atomic E-state index is 14.4. The normalized spacial score (nSPS) is 15.4.